The van der Waals surface area contributed by atoms with Crippen molar-refractivity contribution in [2.24, 2.45) is 0 Å². The molecule has 0 aliphatic heterocycles. The maximum absolute atomic E-state index is 12.1. The summed E-state index contributed by atoms with van der Waals surface area (Å²) in [5.74, 6) is -0.527. The zero-order valence-electron chi connectivity index (χ0n) is 12.5. The molecule has 7 heteroatoms. The molecule has 0 aliphatic rings. The van der Waals surface area contributed by atoms with Gasteiger partial charge in [0, 0.05) is 30.1 Å². The lowest BCUT2D eigenvalue weighted by Gasteiger charge is -2.17. The molecule has 1 atom stereocenters. The smallest absolute Gasteiger partial charge is 0.271 e. The van der Waals surface area contributed by atoms with E-state index in [1.807, 2.05) is 12.1 Å². The summed E-state index contributed by atoms with van der Waals surface area (Å²) >= 11 is 7.22. The molecule has 116 valence electrons. The summed E-state index contributed by atoms with van der Waals surface area (Å²) in [7, 11) is 3.29. The van der Waals surface area contributed by atoms with Gasteiger partial charge < -0.3 is 10.2 Å². The number of nitrogens with one attached hydrogen (secondary N) is 1. The van der Waals surface area contributed by atoms with E-state index in [0.717, 1.165) is 10.6 Å². The van der Waals surface area contributed by atoms with Gasteiger partial charge in [0.1, 0.15) is 16.7 Å². The molecule has 0 bridgehead atoms. The van der Waals surface area contributed by atoms with Gasteiger partial charge in [-0.1, -0.05) is 23.7 Å². The van der Waals surface area contributed by atoms with E-state index in [0.29, 0.717) is 10.7 Å². The number of rotatable bonds is 4. The van der Waals surface area contributed by atoms with Gasteiger partial charge >= 0.3 is 0 Å². The summed E-state index contributed by atoms with van der Waals surface area (Å²) in [6, 6.07) is 6.65. The minimum Gasteiger partial charge on any atom is -0.347 e. The van der Waals surface area contributed by atoms with Gasteiger partial charge in [0.15, 0.2) is 0 Å². The van der Waals surface area contributed by atoms with Crippen LogP contribution in [0.25, 0.3) is 10.6 Å². The van der Waals surface area contributed by atoms with Crippen LogP contribution < -0.4 is 5.32 Å². The number of benzene rings is 1. The van der Waals surface area contributed by atoms with Crippen LogP contribution in [0.4, 0.5) is 0 Å². The van der Waals surface area contributed by atoms with Crippen LogP contribution >= 0.6 is 22.9 Å². The Morgan fingerprint density at radius 3 is 2.50 bits per heavy atom. The number of halogens is 1. The van der Waals surface area contributed by atoms with Crippen molar-refractivity contribution in [3.63, 3.8) is 0 Å². The average Bonchev–Trinajstić information content (AvgIpc) is 2.96. The summed E-state index contributed by atoms with van der Waals surface area (Å²) in [5, 5.41) is 5.69. The molecule has 0 fully saturated rings. The van der Waals surface area contributed by atoms with Gasteiger partial charge in [-0.3, -0.25) is 9.59 Å². The first kappa shape index (κ1) is 16.5. The first-order valence-electron chi connectivity index (χ1n) is 6.62. The van der Waals surface area contributed by atoms with Crippen molar-refractivity contribution < 1.29 is 9.59 Å². The summed E-state index contributed by atoms with van der Waals surface area (Å²) in [6.07, 6.45) is 0. The van der Waals surface area contributed by atoms with Crippen LogP contribution in [0.5, 0.6) is 0 Å². The Labute approximate surface area is 137 Å². The molecule has 5 nitrogen and oxygen atoms in total. The van der Waals surface area contributed by atoms with Gasteiger partial charge in [0.05, 0.1) is 0 Å². The molecule has 1 N–H and O–H groups in total. The molecular weight excluding hydrogens is 322 g/mol. The molecule has 22 heavy (non-hydrogen) atoms. The fourth-order valence-electron chi connectivity index (χ4n) is 1.82. The third-order valence-corrected chi connectivity index (χ3v) is 4.13. The minimum absolute atomic E-state index is 0.165. The highest BCUT2D eigenvalue weighted by Gasteiger charge is 2.19. The summed E-state index contributed by atoms with van der Waals surface area (Å²) in [5.41, 5.74) is 1.19. The van der Waals surface area contributed by atoms with Crippen LogP contribution in [0.15, 0.2) is 29.6 Å². The maximum Gasteiger partial charge on any atom is 0.271 e. The SMILES string of the molecule is C[C@H](NC(=O)c1csc(-c2ccc(Cl)cc2)n1)C(=O)N(C)C. The van der Waals surface area contributed by atoms with Gasteiger partial charge in [-0.05, 0) is 19.1 Å². The molecule has 2 rings (SSSR count). The van der Waals surface area contributed by atoms with E-state index in [4.69, 9.17) is 11.6 Å². The lowest BCUT2D eigenvalue weighted by atomic mass is 10.2. The van der Waals surface area contributed by atoms with Gasteiger partial charge in [-0.25, -0.2) is 4.98 Å². The van der Waals surface area contributed by atoms with Gasteiger partial charge in [0.2, 0.25) is 5.91 Å². The molecule has 0 unspecified atom stereocenters. The Bertz CT molecular complexity index is 682. The number of aromatic nitrogens is 1. The fourth-order valence-corrected chi connectivity index (χ4v) is 2.75. The van der Waals surface area contributed by atoms with E-state index in [1.54, 1.807) is 38.5 Å². The molecular formula is C15H16ClN3O2S. The second-order valence-electron chi connectivity index (χ2n) is 4.97. The van der Waals surface area contributed by atoms with E-state index in [-0.39, 0.29) is 11.8 Å². The lowest BCUT2D eigenvalue weighted by Crippen LogP contribution is -2.44. The lowest BCUT2D eigenvalue weighted by molar-refractivity contribution is -0.130. The maximum atomic E-state index is 12.1. The van der Waals surface area contributed by atoms with Crippen LogP contribution in [0.3, 0.4) is 0 Å². The standard InChI is InChI=1S/C15H16ClN3O2S/c1-9(15(21)19(2)3)17-13(20)12-8-22-14(18-12)10-4-6-11(16)7-5-10/h4-9H,1-3H3,(H,17,20)/t9-/m0/s1. The van der Waals surface area contributed by atoms with Crippen molar-refractivity contribution in [1.82, 2.24) is 15.2 Å². The highest BCUT2D eigenvalue weighted by Crippen LogP contribution is 2.25. The van der Waals surface area contributed by atoms with Crippen LogP contribution in [0, 0.1) is 0 Å². The topological polar surface area (TPSA) is 62.3 Å². The normalized spacial score (nSPS) is 11.8. The second-order valence-corrected chi connectivity index (χ2v) is 6.27. The molecule has 2 aromatic rings. The Hall–Kier alpha value is -1.92. The first-order valence-corrected chi connectivity index (χ1v) is 7.87. The Balaban J connectivity index is 2.09. The minimum atomic E-state index is -0.594. The number of amides is 2. The number of thiazole rings is 1. The molecule has 1 heterocycles. The van der Waals surface area contributed by atoms with Crippen molar-refractivity contribution in [1.29, 1.82) is 0 Å². The summed E-state index contributed by atoms with van der Waals surface area (Å²) < 4.78 is 0. The average molecular weight is 338 g/mol. The second kappa shape index (κ2) is 6.89. The van der Waals surface area contributed by atoms with E-state index in [2.05, 4.69) is 10.3 Å². The fraction of sp³-hybridized carbons (Fsp3) is 0.267. The molecule has 0 spiro atoms. The molecule has 0 saturated heterocycles. The molecule has 1 aromatic carbocycles. The highest BCUT2D eigenvalue weighted by molar-refractivity contribution is 7.13. The van der Waals surface area contributed by atoms with E-state index in [9.17, 15) is 9.59 Å². The zero-order valence-corrected chi connectivity index (χ0v) is 14.0. The number of carbonyl (C=O) groups excluding carboxylic acids is 2. The third-order valence-electron chi connectivity index (χ3n) is 2.99. The Kier molecular flexibility index (Phi) is 5.15. The summed E-state index contributed by atoms with van der Waals surface area (Å²) in [4.78, 5) is 29.6. The Morgan fingerprint density at radius 1 is 1.27 bits per heavy atom. The van der Waals surface area contributed by atoms with E-state index < -0.39 is 6.04 Å². The van der Waals surface area contributed by atoms with Crippen molar-refractivity contribution in [3.8, 4) is 10.6 Å². The quantitative estimate of drug-likeness (QED) is 0.933. The summed E-state index contributed by atoms with van der Waals surface area (Å²) in [6.45, 7) is 1.65. The first-order chi connectivity index (χ1) is 10.4. The molecule has 2 amide bonds. The van der Waals surface area contributed by atoms with Crippen molar-refractivity contribution in [2.75, 3.05) is 14.1 Å². The van der Waals surface area contributed by atoms with Crippen molar-refractivity contribution in [3.05, 3.63) is 40.4 Å². The molecule has 0 saturated carbocycles. The van der Waals surface area contributed by atoms with Crippen LogP contribution in [0.2, 0.25) is 5.02 Å². The van der Waals surface area contributed by atoms with Gasteiger partial charge in [0.25, 0.3) is 5.91 Å². The largest absolute Gasteiger partial charge is 0.347 e. The van der Waals surface area contributed by atoms with E-state index >= 15 is 0 Å². The number of hydrogen-bond acceptors (Lipinski definition) is 4. The molecule has 1 aromatic heterocycles. The van der Waals surface area contributed by atoms with Crippen LogP contribution in [-0.4, -0.2) is 41.8 Å². The number of carbonyl (C=O) groups is 2. The van der Waals surface area contributed by atoms with Crippen LogP contribution in [0.1, 0.15) is 17.4 Å². The van der Waals surface area contributed by atoms with E-state index in [1.165, 1.54) is 16.2 Å². The number of hydrogen-bond donors (Lipinski definition) is 1. The number of nitrogens with zero attached hydrogens (tertiary/aromatic N) is 2. The third kappa shape index (κ3) is 3.84. The van der Waals surface area contributed by atoms with Gasteiger partial charge in [-0.2, -0.15) is 0 Å². The van der Waals surface area contributed by atoms with Crippen molar-refractivity contribution in [2.45, 2.75) is 13.0 Å². The zero-order chi connectivity index (χ0) is 16.3. The van der Waals surface area contributed by atoms with Gasteiger partial charge in [-0.15, -0.1) is 11.3 Å². The van der Waals surface area contributed by atoms with Crippen LogP contribution in [-0.2, 0) is 4.79 Å². The van der Waals surface area contributed by atoms with Crippen molar-refractivity contribution >= 4 is 34.8 Å². The monoisotopic (exact) mass is 337 g/mol. The Morgan fingerprint density at radius 2 is 1.91 bits per heavy atom. The molecule has 0 aliphatic carbocycles. The number of likely N-dealkylation sites (N-methyl/N-ethyl adjacent to an activating group) is 1. The highest BCUT2D eigenvalue weighted by atomic mass is 35.5. The molecule has 0 radical (unpaired) electrons. The predicted molar refractivity (Wildman–Crippen MR) is 88.2 cm³/mol. The predicted octanol–water partition coefficient (Wildman–Crippen LogP) is 2.67.